The van der Waals surface area contributed by atoms with Gasteiger partial charge in [0.15, 0.2) is 0 Å². The Kier molecular flexibility index (Phi) is 36.4. The van der Waals surface area contributed by atoms with Crippen LogP contribution in [-0.4, -0.2) is 285 Å². The molecule has 40 nitrogen and oxygen atoms in total. The van der Waals surface area contributed by atoms with Crippen LogP contribution in [0.25, 0.3) is 0 Å². The molecule has 624 valence electrons. The lowest BCUT2D eigenvalue weighted by atomic mass is 10.2. The molecule has 40 heteroatoms. The predicted octanol–water partition coefficient (Wildman–Crippen LogP) is -2.08. The van der Waals surface area contributed by atoms with E-state index < -0.39 is 119 Å². The summed E-state index contributed by atoms with van der Waals surface area (Å²) in [7, 11) is 0. The molecule has 8 aliphatic heterocycles. The maximum absolute atomic E-state index is 12.4. The van der Waals surface area contributed by atoms with Crippen molar-refractivity contribution in [1.29, 1.82) is 0 Å². The number of carbonyl (C=O) groups is 20. The van der Waals surface area contributed by atoms with Gasteiger partial charge in [-0.3, -0.25) is 96.3 Å². The highest BCUT2D eigenvalue weighted by Crippen LogP contribution is 2.24. The molecule has 8 N–H and O–H groups in total. The SMILES string of the molecule is [2H]C1(C(=O)NCCC(=O)[15NH]C[13CH2][13C](=O)ON2C(=O)CCC2=O)CCCN1[13CH]([13CH3])[13CH3].[2H]C1(C(=O)NCCC(=O)[15NH][13CH2][13CH2][13C](=O)ON2C(=O)CCC2=O)CCCN1C([13CH3])[13CH3].[2H]C1(C(=O)NCC[13C](=O)[15NH][13CH2][13CH2][13C](=O)ON2C(=O)CCC2=O)CCCN1[13CH](C)C.[2H]C1(C(=O)NC[13CH2][13C](=O)[15NH][13CH2][13CH2][13C](=O)ON2C(=O)CCC2=O)CCCN1C(C)C. The van der Waals surface area contributed by atoms with E-state index in [0.717, 1.165) is 25.7 Å². The monoisotopic (exact) mass is 1610 g/mol. The number of carbonyl (C=O) groups excluding carboxylic acids is 20. The Morgan fingerprint density at radius 1 is 0.286 bits per heavy atom. The van der Waals surface area contributed by atoms with E-state index in [2.05, 4.69) is 61.9 Å². The molecule has 0 aromatic rings. The molecule has 0 bridgehead atoms. The molecule has 16 amide bonds. The van der Waals surface area contributed by atoms with E-state index in [1.807, 2.05) is 75.0 Å². The molecule has 0 spiro atoms. The number of amides is 16. The van der Waals surface area contributed by atoms with Gasteiger partial charge >= 0.3 is 23.9 Å². The Bertz CT molecular complexity index is 3130. The van der Waals surface area contributed by atoms with E-state index >= 15 is 0 Å². The van der Waals surface area contributed by atoms with Crippen LogP contribution in [0.3, 0.4) is 0 Å². The zero-order valence-electron chi connectivity index (χ0n) is 69.1. The van der Waals surface area contributed by atoms with Crippen LogP contribution in [0.15, 0.2) is 0 Å². The topological polar surface area (TPSA) is 500 Å². The Balaban J connectivity index is 0.000000276. The molecule has 0 radical (unpaired) electrons. The number of likely N-dealkylation sites (tertiary alicyclic amines) is 4. The van der Waals surface area contributed by atoms with E-state index in [4.69, 9.17) is 5.48 Å². The lowest BCUT2D eigenvalue weighted by Crippen LogP contribution is -2.46. The van der Waals surface area contributed by atoms with Crippen molar-refractivity contribution in [1.82, 2.24) is 82.4 Å². The fourth-order valence-corrected chi connectivity index (χ4v) is 12.4. The Labute approximate surface area is 655 Å². The van der Waals surface area contributed by atoms with Crippen LogP contribution in [0.1, 0.15) is 215 Å². The number of rotatable bonds is 36. The van der Waals surface area contributed by atoms with Gasteiger partial charge in [-0.25, -0.2) is 19.2 Å². The fourth-order valence-electron chi connectivity index (χ4n) is 12.4. The summed E-state index contributed by atoms with van der Waals surface area (Å²) in [6.45, 7) is 18.5. The molecule has 8 saturated heterocycles. The summed E-state index contributed by atoms with van der Waals surface area (Å²) in [5.41, 5.74) is 0. The van der Waals surface area contributed by atoms with Crippen LogP contribution in [0.5, 0.6) is 0 Å². The van der Waals surface area contributed by atoms with Crippen molar-refractivity contribution >= 4 is 118 Å². The van der Waals surface area contributed by atoms with Gasteiger partial charge in [-0.2, -0.15) is 0 Å². The van der Waals surface area contributed by atoms with Crippen molar-refractivity contribution in [2.24, 2.45) is 0 Å². The molecule has 0 aliphatic carbocycles. The van der Waals surface area contributed by atoms with Crippen molar-refractivity contribution in [3.8, 4) is 0 Å². The third-order valence-corrected chi connectivity index (χ3v) is 18.1. The average Bonchev–Trinajstić information content (AvgIpc) is 1.65. The largest absolute Gasteiger partial charge is 0.355 e. The lowest BCUT2D eigenvalue weighted by Gasteiger charge is -2.27. The maximum atomic E-state index is 12.4. The van der Waals surface area contributed by atoms with Gasteiger partial charge in [0, 0.05) is 154 Å². The molecular formula is C72H112N16O24. The van der Waals surface area contributed by atoms with Crippen LogP contribution in [0, 0.1) is 0 Å². The number of hydrogen-bond donors (Lipinski definition) is 8. The van der Waals surface area contributed by atoms with Crippen LogP contribution in [0.2, 0.25) is 0 Å². The smallest absolute Gasteiger partial charge is 0.334 e. The van der Waals surface area contributed by atoms with Gasteiger partial charge in [-0.15, -0.1) is 20.3 Å². The van der Waals surface area contributed by atoms with Crippen molar-refractivity contribution in [2.45, 2.75) is 258 Å². The fraction of sp³-hybridized carbons (Fsp3) is 0.722. The lowest BCUT2D eigenvalue weighted by molar-refractivity contribution is -0.197. The summed E-state index contributed by atoms with van der Waals surface area (Å²) in [5, 5.41) is 22.4. The summed E-state index contributed by atoms with van der Waals surface area (Å²) < 4.78 is 33.8. The second-order valence-corrected chi connectivity index (χ2v) is 28.0. The van der Waals surface area contributed by atoms with Gasteiger partial charge in [0.05, 0.1) is 55.2 Å². The van der Waals surface area contributed by atoms with Crippen molar-refractivity contribution < 1.29 is 121 Å². The van der Waals surface area contributed by atoms with Gasteiger partial charge in [-0.05, 0) is 133 Å². The summed E-state index contributed by atoms with van der Waals surface area (Å²) in [6.07, 6.45) is 4.26. The third kappa shape index (κ3) is 31.0. The maximum Gasteiger partial charge on any atom is 0.334 e. The standard InChI is InChI=1S/4C18H28N4O6/c4*1-12(2)21-11-3-4-13(21)18(27)20-9-7-14(23)19-10-8-17(26)28-22-15(24)5-6-16(22)25/h4*12-13H,3-11H2,1-2H3,(H,19,23)(H,20,27)/i8+1,10+1,12+1,13D,14+1,17+1,19+1;7+1,8+1,10+1,13D,14+1,17+1,19+1;1+1,2+1,8+1,12+1,13D,17+1,19+1;1+1,2+1,8+1,10+1,13D,17+1,19+1. The van der Waals surface area contributed by atoms with E-state index in [0.29, 0.717) is 72.1 Å². The van der Waals surface area contributed by atoms with E-state index in [1.54, 1.807) is 0 Å². The molecule has 112 heavy (non-hydrogen) atoms. The normalized spacial score (nSPS) is 23.1. The second kappa shape index (κ2) is 47.4. The van der Waals surface area contributed by atoms with Crippen LogP contribution in [-0.2, 0) is 115 Å². The summed E-state index contributed by atoms with van der Waals surface area (Å²) >= 11 is 0. The van der Waals surface area contributed by atoms with Crippen molar-refractivity contribution in [3.63, 3.8) is 0 Å². The number of nitrogens with one attached hydrogen (secondary N) is 8. The first-order valence-corrected chi connectivity index (χ1v) is 38.1. The average molecular weight is 1610 g/mol. The number of hydroxylamine groups is 8. The van der Waals surface area contributed by atoms with E-state index in [9.17, 15) is 95.9 Å². The van der Waals surface area contributed by atoms with Gasteiger partial charge in [-0.1, -0.05) is 0 Å². The molecule has 4 unspecified atom stereocenters. The second-order valence-electron chi connectivity index (χ2n) is 28.0. The molecule has 8 fully saturated rings. The van der Waals surface area contributed by atoms with Gasteiger partial charge in [0.25, 0.3) is 47.3 Å². The van der Waals surface area contributed by atoms with Crippen molar-refractivity contribution in [2.75, 3.05) is 78.5 Å². The van der Waals surface area contributed by atoms with Crippen LogP contribution in [0.4, 0.5) is 0 Å². The Hall–Kier alpha value is -9.96. The highest BCUT2D eigenvalue weighted by Gasteiger charge is 2.39. The van der Waals surface area contributed by atoms with E-state index in [-0.39, 0.29) is 203 Å². The quantitative estimate of drug-likeness (QED) is 0.0189. The van der Waals surface area contributed by atoms with Gasteiger partial charge in [0.2, 0.25) is 47.3 Å². The molecule has 0 aromatic carbocycles. The van der Waals surface area contributed by atoms with E-state index in [1.165, 1.54) is 0 Å². The first kappa shape index (κ1) is 86.0. The highest BCUT2D eigenvalue weighted by atomic mass is 16.8. The molecule has 0 aromatic heterocycles. The Morgan fingerprint density at radius 3 is 0.607 bits per heavy atom. The van der Waals surface area contributed by atoms with Crippen LogP contribution >= 0.6 is 0 Å². The number of nitrogens with zero attached hydrogens (tertiary/aromatic N) is 8. The predicted molar refractivity (Wildman–Crippen MR) is 389 cm³/mol. The zero-order valence-corrected chi connectivity index (χ0v) is 65.1. The molecule has 0 saturated carbocycles. The van der Waals surface area contributed by atoms with Gasteiger partial charge < -0.3 is 61.9 Å². The first-order valence-electron chi connectivity index (χ1n) is 40.1. The number of hydrogen-bond acceptors (Lipinski definition) is 28. The Morgan fingerprint density at radius 2 is 0.446 bits per heavy atom. The molecule has 8 rings (SSSR count). The minimum atomic E-state index is -1.31. The molecule has 8 aliphatic rings. The molecule has 8 heterocycles. The third-order valence-electron chi connectivity index (χ3n) is 18.1. The first-order chi connectivity index (χ1) is 54.6. The highest BCUT2D eigenvalue weighted by molar-refractivity contribution is 6.04. The summed E-state index contributed by atoms with van der Waals surface area (Å²) in [4.78, 5) is 260. The summed E-state index contributed by atoms with van der Waals surface area (Å²) in [5.74, 6) is -10.9. The van der Waals surface area contributed by atoms with Crippen LogP contribution < -0.4 is 42.5 Å². The molecule has 4 atom stereocenters. The van der Waals surface area contributed by atoms with Crippen molar-refractivity contribution in [3.05, 3.63) is 0 Å². The minimum absolute atomic E-state index is 0.00163. The van der Waals surface area contributed by atoms with Gasteiger partial charge in [0.1, 0.15) is 0 Å². The number of imide groups is 4. The molecular weight excluding hydrogens is 1500 g/mol. The zero-order chi connectivity index (χ0) is 86.4. The minimum Gasteiger partial charge on any atom is -0.355 e. The summed E-state index contributed by atoms with van der Waals surface area (Å²) in [6, 6.07) is -4.91.